The SMILES string of the molecule is CC(C)CCCC(C)[C@H]1CCC2C3CC=C4CC(OC(=O)NCCCCCC(=O)NC[C@H]5O[C@H](O[C@H]6[C@H](O)[C@@H](O[C@H]7O[C@H](CO)[C@@H](O)[C@H](N)[C@H]7O)[C@H](N)C[C@@H]6N)[C@H](O)[C@@H](O)[C@@H]5O)CC[C@]4(C)C3CC[C@@]21C. The Hall–Kier alpha value is -2.08. The Kier molecular flexibility index (Phi) is 19.4. The molecule has 0 aromatic rings. The number of unbranched alkanes of at least 4 members (excludes halogenated alkanes) is 2. The molecule has 0 aromatic heterocycles. The first-order valence-corrected chi connectivity index (χ1v) is 27.2. The number of carbonyl (C=O) groups is 2. The van der Waals surface area contributed by atoms with Crippen LogP contribution in [0.5, 0.6) is 0 Å². The molecule has 7 rings (SSSR count). The molecule has 7 aliphatic rings. The van der Waals surface area contributed by atoms with Crippen molar-refractivity contribution < 1.29 is 69.0 Å². The van der Waals surface area contributed by atoms with Gasteiger partial charge in [-0.3, -0.25) is 4.79 Å². The largest absolute Gasteiger partial charge is 0.446 e. The van der Waals surface area contributed by atoms with E-state index >= 15 is 0 Å². The molecule has 71 heavy (non-hydrogen) atoms. The molecule has 0 bridgehead atoms. The third kappa shape index (κ3) is 12.5. The van der Waals surface area contributed by atoms with Crippen molar-refractivity contribution in [3.05, 3.63) is 11.6 Å². The van der Waals surface area contributed by atoms with Gasteiger partial charge in [-0.25, -0.2) is 4.79 Å². The number of nitrogens with one attached hydrogen (secondary N) is 2. The van der Waals surface area contributed by atoms with Gasteiger partial charge in [-0.1, -0.05) is 72.0 Å². The lowest BCUT2D eigenvalue weighted by atomic mass is 9.47. The quantitative estimate of drug-likeness (QED) is 0.0645. The minimum Gasteiger partial charge on any atom is -0.446 e. The molecule has 408 valence electrons. The van der Waals surface area contributed by atoms with E-state index in [4.69, 9.17) is 40.9 Å². The monoisotopic (exact) mass is 1010 g/mol. The second-order valence-electron chi connectivity index (χ2n) is 23.7. The van der Waals surface area contributed by atoms with Crippen molar-refractivity contribution in [2.75, 3.05) is 19.7 Å². The maximum Gasteiger partial charge on any atom is 0.407 e. The highest BCUT2D eigenvalue weighted by Gasteiger charge is 2.59. The Labute approximate surface area is 420 Å². The van der Waals surface area contributed by atoms with Crippen LogP contribution in [0.3, 0.4) is 0 Å². The molecule has 2 amide bonds. The summed E-state index contributed by atoms with van der Waals surface area (Å²) in [4.78, 5) is 25.8. The van der Waals surface area contributed by atoms with Gasteiger partial charge in [-0.05, 0) is 111 Å². The van der Waals surface area contributed by atoms with Crippen LogP contribution in [0.15, 0.2) is 11.6 Å². The summed E-state index contributed by atoms with van der Waals surface area (Å²) in [6.45, 7) is 11.9. The molecular formula is C52H91N5O14. The van der Waals surface area contributed by atoms with Gasteiger partial charge < -0.3 is 87.3 Å². The summed E-state index contributed by atoms with van der Waals surface area (Å²) in [7, 11) is 0. The number of hydrogen-bond acceptors (Lipinski definition) is 17. The Morgan fingerprint density at radius 2 is 1.45 bits per heavy atom. The molecule has 2 aliphatic heterocycles. The standard InChI is InChI=1S/C52H91N5O14/c1-26(2)10-9-11-27(3)31-15-16-32-30-14-13-28-22-29(17-19-51(28,4)33(30)18-20-52(31,32)5)67-50(66)56-21-8-6-7-12-38(59)57-24-36-41(61)43(63)44(64)49(68-36)71-47-35(54)23-34(53)46(45(47)65)70-48-42(62)39(55)40(60)37(25-58)69-48/h13,26-27,29-37,39-49,58,60-65H,6-12,14-25,53-55H2,1-5H3,(H,56,66)(H,57,59)/t27?,29?,30?,31-,32?,33?,34-,35+,36-,37-,39+,40-,41-,42-,43+,44-,45-,46+,47-,48-,49-,51+,52-/m1/s1. The van der Waals surface area contributed by atoms with Gasteiger partial charge in [0, 0.05) is 38.0 Å². The molecule has 0 spiro atoms. The van der Waals surface area contributed by atoms with Crippen LogP contribution in [-0.4, -0.2) is 165 Å². The second kappa shape index (κ2) is 24.3. The predicted octanol–water partition coefficient (Wildman–Crippen LogP) is 1.56. The van der Waals surface area contributed by atoms with E-state index in [0.29, 0.717) is 37.1 Å². The molecule has 6 fully saturated rings. The second-order valence-corrected chi connectivity index (χ2v) is 23.7. The topological polar surface area (TPSA) is 324 Å². The molecule has 0 radical (unpaired) electrons. The highest BCUT2D eigenvalue weighted by Crippen LogP contribution is 2.67. The van der Waals surface area contributed by atoms with Gasteiger partial charge in [-0.2, -0.15) is 0 Å². The summed E-state index contributed by atoms with van der Waals surface area (Å²) >= 11 is 0. The molecule has 5 unspecified atom stereocenters. The maximum absolute atomic E-state index is 12.9. The average Bonchev–Trinajstić information content (AvgIpc) is 3.69. The van der Waals surface area contributed by atoms with Gasteiger partial charge in [0.1, 0.15) is 67.1 Å². The van der Waals surface area contributed by atoms with Crippen LogP contribution in [-0.2, 0) is 28.5 Å². The van der Waals surface area contributed by atoms with Crippen LogP contribution in [0.1, 0.15) is 137 Å². The molecule has 0 aromatic carbocycles. The number of amides is 2. The minimum absolute atomic E-state index is 0.0270. The molecule has 4 saturated carbocycles. The predicted molar refractivity (Wildman–Crippen MR) is 262 cm³/mol. The lowest BCUT2D eigenvalue weighted by Gasteiger charge is -2.58. The molecule has 2 heterocycles. The fourth-order valence-electron chi connectivity index (χ4n) is 14.4. The van der Waals surface area contributed by atoms with Gasteiger partial charge in [0.15, 0.2) is 12.6 Å². The number of carbonyl (C=O) groups excluding carboxylic acids is 2. The minimum atomic E-state index is -1.78. The molecule has 5 aliphatic carbocycles. The van der Waals surface area contributed by atoms with Crippen molar-refractivity contribution in [1.82, 2.24) is 10.6 Å². The van der Waals surface area contributed by atoms with Crippen LogP contribution >= 0.6 is 0 Å². The van der Waals surface area contributed by atoms with Gasteiger partial charge >= 0.3 is 6.09 Å². The lowest BCUT2D eigenvalue weighted by molar-refractivity contribution is -0.332. The zero-order valence-corrected chi connectivity index (χ0v) is 42.9. The van der Waals surface area contributed by atoms with Crippen LogP contribution in [0.25, 0.3) is 0 Å². The van der Waals surface area contributed by atoms with Gasteiger partial charge in [0.05, 0.1) is 12.6 Å². The van der Waals surface area contributed by atoms with Gasteiger partial charge in [0.25, 0.3) is 0 Å². The van der Waals surface area contributed by atoms with Crippen molar-refractivity contribution in [2.45, 2.75) is 235 Å². The number of aliphatic hydroxyl groups is 7. The van der Waals surface area contributed by atoms with Gasteiger partial charge in [-0.15, -0.1) is 0 Å². The molecular weight excluding hydrogens is 919 g/mol. The van der Waals surface area contributed by atoms with E-state index in [2.05, 4.69) is 51.3 Å². The molecule has 19 nitrogen and oxygen atoms in total. The first kappa shape index (κ1) is 56.6. The van der Waals surface area contributed by atoms with E-state index in [1.54, 1.807) is 0 Å². The zero-order valence-electron chi connectivity index (χ0n) is 42.9. The Morgan fingerprint density at radius 3 is 2.14 bits per heavy atom. The van der Waals surface area contributed by atoms with Gasteiger partial charge in [0.2, 0.25) is 5.91 Å². The number of nitrogens with two attached hydrogens (primary N) is 3. The molecule has 2 saturated heterocycles. The summed E-state index contributed by atoms with van der Waals surface area (Å²) in [6, 6.07) is -3.06. The van der Waals surface area contributed by atoms with E-state index in [-0.39, 0.29) is 36.8 Å². The number of alkyl carbamates (subject to hydrolysis) is 1. The van der Waals surface area contributed by atoms with E-state index in [1.165, 1.54) is 50.5 Å². The smallest absolute Gasteiger partial charge is 0.407 e. The third-order valence-corrected chi connectivity index (χ3v) is 18.6. The van der Waals surface area contributed by atoms with Crippen molar-refractivity contribution >= 4 is 12.0 Å². The normalized spacial score (nSPS) is 45.0. The fraction of sp³-hybridized carbons (Fsp3) is 0.923. The summed E-state index contributed by atoms with van der Waals surface area (Å²) in [5, 5.41) is 79.7. The summed E-state index contributed by atoms with van der Waals surface area (Å²) < 4.78 is 29.0. The zero-order chi connectivity index (χ0) is 51.5. The van der Waals surface area contributed by atoms with E-state index in [1.807, 2.05) is 0 Å². The van der Waals surface area contributed by atoms with E-state index in [0.717, 1.165) is 55.3 Å². The number of fused-ring (bicyclic) bond motifs is 5. The Bertz CT molecular complexity index is 1780. The first-order chi connectivity index (χ1) is 33.7. The van der Waals surface area contributed by atoms with Crippen molar-refractivity contribution in [2.24, 2.45) is 63.5 Å². The maximum atomic E-state index is 12.9. The number of aliphatic hydroxyl groups excluding tert-OH is 7. The van der Waals surface area contributed by atoms with Crippen molar-refractivity contribution in [1.29, 1.82) is 0 Å². The molecule has 19 heteroatoms. The number of allylic oxidation sites excluding steroid dienone is 1. The highest BCUT2D eigenvalue weighted by atomic mass is 16.7. The lowest BCUT2D eigenvalue weighted by Crippen LogP contribution is -2.68. The van der Waals surface area contributed by atoms with E-state index in [9.17, 15) is 45.3 Å². The number of rotatable bonds is 19. The fourth-order valence-corrected chi connectivity index (χ4v) is 14.4. The first-order valence-electron chi connectivity index (χ1n) is 27.2. The average molecular weight is 1010 g/mol. The van der Waals surface area contributed by atoms with Crippen molar-refractivity contribution in [3.63, 3.8) is 0 Å². The Balaban J connectivity index is 0.795. The van der Waals surface area contributed by atoms with Crippen molar-refractivity contribution in [3.8, 4) is 0 Å². The number of ether oxygens (including phenoxy) is 5. The van der Waals surface area contributed by atoms with E-state index < -0.39 is 104 Å². The van der Waals surface area contributed by atoms with Crippen LogP contribution in [0.4, 0.5) is 4.79 Å². The third-order valence-electron chi connectivity index (χ3n) is 18.6. The summed E-state index contributed by atoms with van der Waals surface area (Å²) in [5.41, 5.74) is 20.6. The Morgan fingerprint density at radius 1 is 0.761 bits per heavy atom. The summed E-state index contributed by atoms with van der Waals surface area (Å²) in [5.74, 6) is 4.34. The number of hydrogen-bond donors (Lipinski definition) is 12. The molecule has 15 N–H and O–H groups in total. The van der Waals surface area contributed by atoms with Crippen LogP contribution in [0.2, 0.25) is 0 Å². The summed E-state index contributed by atoms with van der Waals surface area (Å²) in [6.07, 6.45) is -0.431. The molecule has 23 atom stereocenters. The highest BCUT2D eigenvalue weighted by molar-refractivity contribution is 5.75. The van der Waals surface area contributed by atoms with Crippen LogP contribution in [0, 0.1) is 46.3 Å². The van der Waals surface area contributed by atoms with Crippen LogP contribution < -0.4 is 27.8 Å².